The summed E-state index contributed by atoms with van der Waals surface area (Å²) >= 11 is 0. The molecule has 2 rings (SSSR count). The molecule has 0 atom stereocenters. The summed E-state index contributed by atoms with van der Waals surface area (Å²) in [6.45, 7) is 0.490. The second-order valence-electron chi connectivity index (χ2n) is 4.07. The number of nitrogens with zero attached hydrogens (tertiary/aromatic N) is 2. The van der Waals surface area contributed by atoms with Crippen LogP contribution in [0.4, 0.5) is 5.69 Å². The molecular weight excluding hydrogens is 244 g/mol. The van der Waals surface area contributed by atoms with Crippen molar-refractivity contribution in [2.75, 3.05) is 18.9 Å². The lowest BCUT2D eigenvalue weighted by Gasteiger charge is -2.02. The summed E-state index contributed by atoms with van der Waals surface area (Å²) in [7, 11) is 0. The zero-order valence-corrected chi connectivity index (χ0v) is 10.4. The molecule has 0 spiro atoms. The maximum atomic E-state index is 11.7. The number of aliphatic hydroxyl groups excluding tert-OH is 1. The van der Waals surface area contributed by atoms with Gasteiger partial charge in [0.2, 0.25) is 0 Å². The van der Waals surface area contributed by atoms with Gasteiger partial charge in [-0.25, -0.2) is 4.68 Å². The van der Waals surface area contributed by atoms with E-state index in [0.717, 1.165) is 5.69 Å². The molecule has 1 aromatic carbocycles. The Morgan fingerprint density at radius 3 is 2.74 bits per heavy atom. The van der Waals surface area contributed by atoms with Crippen LogP contribution in [0.5, 0.6) is 0 Å². The summed E-state index contributed by atoms with van der Waals surface area (Å²) in [5, 5.41) is 15.5. The zero-order chi connectivity index (χ0) is 13.7. The van der Waals surface area contributed by atoms with Crippen LogP contribution in [-0.2, 0) is 0 Å². The van der Waals surface area contributed by atoms with Crippen LogP contribution in [0.3, 0.4) is 0 Å². The normalized spacial score (nSPS) is 10.4. The first-order valence-corrected chi connectivity index (χ1v) is 6.01. The lowest BCUT2D eigenvalue weighted by Crippen LogP contribution is -2.25. The van der Waals surface area contributed by atoms with Gasteiger partial charge in [0.1, 0.15) is 0 Å². The largest absolute Gasteiger partial charge is 0.399 e. The molecule has 0 aliphatic rings. The van der Waals surface area contributed by atoms with Gasteiger partial charge in [-0.2, -0.15) is 5.10 Å². The lowest BCUT2D eigenvalue weighted by molar-refractivity contribution is 0.0945. The van der Waals surface area contributed by atoms with Crippen LogP contribution in [0.2, 0.25) is 0 Å². The Morgan fingerprint density at radius 2 is 2.05 bits per heavy atom. The maximum Gasteiger partial charge on any atom is 0.271 e. The molecule has 0 aliphatic carbocycles. The van der Waals surface area contributed by atoms with Gasteiger partial charge >= 0.3 is 0 Å². The van der Waals surface area contributed by atoms with Crippen LogP contribution in [0.25, 0.3) is 5.69 Å². The van der Waals surface area contributed by atoms with Crippen LogP contribution in [0, 0.1) is 0 Å². The van der Waals surface area contributed by atoms with Crippen LogP contribution >= 0.6 is 0 Å². The fraction of sp³-hybridized carbons (Fsp3) is 0.231. The van der Waals surface area contributed by atoms with E-state index in [0.29, 0.717) is 24.3 Å². The second-order valence-corrected chi connectivity index (χ2v) is 4.07. The van der Waals surface area contributed by atoms with Crippen molar-refractivity contribution < 1.29 is 9.90 Å². The molecule has 0 bridgehead atoms. The van der Waals surface area contributed by atoms with Crippen molar-refractivity contribution in [1.29, 1.82) is 0 Å². The summed E-state index contributed by atoms with van der Waals surface area (Å²) in [6.07, 6.45) is 2.25. The van der Waals surface area contributed by atoms with Crippen LogP contribution in [0.15, 0.2) is 36.5 Å². The Bertz CT molecular complexity index is 548. The van der Waals surface area contributed by atoms with Crippen molar-refractivity contribution in [3.63, 3.8) is 0 Å². The summed E-state index contributed by atoms with van der Waals surface area (Å²) < 4.78 is 1.61. The summed E-state index contributed by atoms with van der Waals surface area (Å²) in [5.41, 5.74) is 7.47. The van der Waals surface area contributed by atoms with Gasteiger partial charge in [0.05, 0.1) is 5.69 Å². The molecule has 100 valence electrons. The highest BCUT2D eigenvalue weighted by atomic mass is 16.3. The number of aromatic nitrogens is 2. The van der Waals surface area contributed by atoms with E-state index in [-0.39, 0.29) is 12.5 Å². The highest BCUT2D eigenvalue weighted by molar-refractivity contribution is 5.92. The molecule has 0 unspecified atom stereocenters. The van der Waals surface area contributed by atoms with E-state index in [1.807, 2.05) is 12.1 Å². The topological polar surface area (TPSA) is 93.2 Å². The smallest absolute Gasteiger partial charge is 0.271 e. The number of aliphatic hydroxyl groups is 1. The number of carbonyl (C=O) groups is 1. The molecule has 19 heavy (non-hydrogen) atoms. The summed E-state index contributed by atoms with van der Waals surface area (Å²) in [6, 6.07) is 8.85. The number of nitrogen functional groups attached to an aromatic ring is 1. The maximum absolute atomic E-state index is 11.7. The monoisotopic (exact) mass is 260 g/mol. The van der Waals surface area contributed by atoms with E-state index >= 15 is 0 Å². The Balaban J connectivity index is 2.06. The van der Waals surface area contributed by atoms with Crippen LogP contribution < -0.4 is 11.1 Å². The molecule has 0 radical (unpaired) electrons. The van der Waals surface area contributed by atoms with E-state index in [2.05, 4.69) is 10.4 Å². The molecule has 1 amide bonds. The number of anilines is 1. The second kappa shape index (κ2) is 6.01. The van der Waals surface area contributed by atoms with E-state index in [9.17, 15) is 4.79 Å². The number of nitrogens with one attached hydrogen (secondary N) is 1. The fourth-order valence-electron chi connectivity index (χ4n) is 1.59. The molecule has 1 heterocycles. The van der Waals surface area contributed by atoms with E-state index in [1.54, 1.807) is 29.1 Å². The van der Waals surface area contributed by atoms with Gasteiger partial charge in [-0.15, -0.1) is 0 Å². The quantitative estimate of drug-likeness (QED) is 0.541. The number of amides is 1. The standard InChI is InChI=1S/C13H16N4O2/c14-10-2-4-11(5-3-10)17-8-6-12(16-17)13(19)15-7-1-9-18/h2-6,8,18H,1,7,9,14H2,(H,15,19). The minimum Gasteiger partial charge on any atom is -0.399 e. The molecular formula is C13H16N4O2. The first kappa shape index (κ1) is 13.1. The van der Waals surface area contributed by atoms with Crippen molar-refractivity contribution >= 4 is 11.6 Å². The molecule has 6 heteroatoms. The molecule has 0 saturated carbocycles. The fourth-order valence-corrected chi connectivity index (χ4v) is 1.59. The van der Waals surface area contributed by atoms with Gasteiger partial charge < -0.3 is 16.2 Å². The SMILES string of the molecule is Nc1ccc(-n2ccc(C(=O)NCCCO)n2)cc1. The number of nitrogens with two attached hydrogens (primary N) is 1. The lowest BCUT2D eigenvalue weighted by atomic mass is 10.3. The molecule has 0 fully saturated rings. The van der Waals surface area contributed by atoms with Gasteiger partial charge in [0.15, 0.2) is 5.69 Å². The average molecular weight is 260 g/mol. The van der Waals surface area contributed by atoms with Crippen molar-refractivity contribution in [2.24, 2.45) is 0 Å². The van der Waals surface area contributed by atoms with Crippen molar-refractivity contribution in [1.82, 2.24) is 15.1 Å². The highest BCUT2D eigenvalue weighted by Gasteiger charge is 2.09. The van der Waals surface area contributed by atoms with Gasteiger partial charge in [-0.05, 0) is 36.8 Å². The first-order valence-electron chi connectivity index (χ1n) is 6.01. The summed E-state index contributed by atoms with van der Waals surface area (Å²) in [4.78, 5) is 11.7. The van der Waals surface area contributed by atoms with Crippen LogP contribution in [-0.4, -0.2) is 33.9 Å². The van der Waals surface area contributed by atoms with Gasteiger partial charge in [-0.3, -0.25) is 4.79 Å². The van der Waals surface area contributed by atoms with Gasteiger partial charge in [0, 0.05) is 25.0 Å². The Kier molecular flexibility index (Phi) is 4.15. The number of rotatable bonds is 5. The molecule has 6 nitrogen and oxygen atoms in total. The predicted molar refractivity (Wildman–Crippen MR) is 72.0 cm³/mol. The van der Waals surface area contributed by atoms with Crippen molar-refractivity contribution in [3.05, 3.63) is 42.2 Å². The molecule has 4 N–H and O–H groups in total. The molecule has 2 aromatic rings. The third kappa shape index (κ3) is 3.32. The third-order valence-corrected chi connectivity index (χ3v) is 2.60. The van der Waals surface area contributed by atoms with E-state index in [1.165, 1.54) is 0 Å². The number of benzene rings is 1. The highest BCUT2D eigenvalue weighted by Crippen LogP contribution is 2.10. The van der Waals surface area contributed by atoms with Gasteiger partial charge in [-0.1, -0.05) is 0 Å². The Labute approximate surface area is 110 Å². The zero-order valence-electron chi connectivity index (χ0n) is 10.4. The molecule has 0 aliphatic heterocycles. The average Bonchev–Trinajstić information content (AvgIpc) is 2.89. The molecule has 1 aromatic heterocycles. The van der Waals surface area contributed by atoms with E-state index < -0.39 is 0 Å². The minimum absolute atomic E-state index is 0.0557. The van der Waals surface area contributed by atoms with Gasteiger partial charge in [0.25, 0.3) is 5.91 Å². The van der Waals surface area contributed by atoms with Crippen molar-refractivity contribution in [3.8, 4) is 5.69 Å². The Hall–Kier alpha value is -2.34. The van der Waals surface area contributed by atoms with E-state index in [4.69, 9.17) is 10.8 Å². The van der Waals surface area contributed by atoms with Crippen LogP contribution in [0.1, 0.15) is 16.9 Å². The Morgan fingerprint density at radius 1 is 1.32 bits per heavy atom. The number of carbonyl (C=O) groups excluding carboxylic acids is 1. The third-order valence-electron chi connectivity index (χ3n) is 2.60. The number of hydrogen-bond donors (Lipinski definition) is 3. The molecule has 0 saturated heterocycles. The predicted octanol–water partition coefficient (Wildman–Crippen LogP) is 0.567. The first-order chi connectivity index (χ1) is 9.20. The summed E-state index contributed by atoms with van der Waals surface area (Å²) in [5.74, 6) is -0.248. The van der Waals surface area contributed by atoms with Crippen molar-refractivity contribution in [2.45, 2.75) is 6.42 Å². The number of hydrogen-bond acceptors (Lipinski definition) is 4. The minimum atomic E-state index is -0.248.